The lowest BCUT2D eigenvalue weighted by atomic mass is 10.1. The quantitative estimate of drug-likeness (QED) is 0.295. The zero-order chi connectivity index (χ0) is 18.4. The number of hydrogen-bond donors (Lipinski definition) is 1. The summed E-state index contributed by atoms with van der Waals surface area (Å²) in [7, 11) is 0. The summed E-state index contributed by atoms with van der Waals surface area (Å²) >= 11 is 6.94. The van der Waals surface area contributed by atoms with Gasteiger partial charge in [0, 0.05) is 27.5 Å². The van der Waals surface area contributed by atoms with Crippen molar-refractivity contribution in [1.29, 1.82) is 0 Å². The van der Waals surface area contributed by atoms with Crippen LogP contribution in [-0.4, -0.2) is 21.9 Å². The molecule has 0 atom stereocenters. The maximum Gasteiger partial charge on any atom is 0.206 e. The molecule has 0 radical (unpaired) electrons. The summed E-state index contributed by atoms with van der Waals surface area (Å²) in [5.41, 5.74) is 4.47. The van der Waals surface area contributed by atoms with E-state index in [0.29, 0.717) is 6.04 Å². The van der Waals surface area contributed by atoms with E-state index in [1.165, 1.54) is 23.1 Å². The molecular weight excluding hydrogens is 520 g/mol. The summed E-state index contributed by atoms with van der Waals surface area (Å²) in [4.78, 5) is 10.4. The number of nitrogens with one attached hydrogen (secondary N) is 1. The van der Waals surface area contributed by atoms with Gasteiger partial charge in [-0.05, 0) is 53.9 Å². The molecule has 28 heavy (non-hydrogen) atoms. The van der Waals surface area contributed by atoms with Crippen LogP contribution in [0.5, 0.6) is 0 Å². The SMILES string of the molecule is Br.Cc1[nH]c2ccccc2c1/C=N/n1c(-c2ccc(Br)s2)csc1=NC1CC1. The number of benzene rings is 1. The fourth-order valence-electron chi connectivity index (χ4n) is 3.06. The number of para-hydroxylation sites is 1. The van der Waals surface area contributed by atoms with Gasteiger partial charge in [-0.1, -0.05) is 18.2 Å². The van der Waals surface area contributed by atoms with E-state index >= 15 is 0 Å². The lowest BCUT2D eigenvalue weighted by Crippen LogP contribution is -2.12. The van der Waals surface area contributed by atoms with Gasteiger partial charge in [0.05, 0.1) is 26.6 Å². The number of thiophene rings is 1. The molecule has 0 amide bonds. The number of halogens is 2. The molecule has 8 heteroatoms. The van der Waals surface area contributed by atoms with E-state index in [0.717, 1.165) is 31.1 Å². The molecular formula is C20H18Br2N4S2. The summed E-state index contributed by atoms with van der Waals surface area (Å²) in [5, 5.41) is 8.21. The minimum Gasteiger partial charge on any atom is -0.358 e. The number of nitrogens with zero attached hydrogens (tertiary/aromatic N) is 3. The van der Waals surface area contributed by atoms with Crippen LogP contribution in [0.2, 0.25) is 0 Å². The highest BCUT2D eigenvalue weighted by molar-refractivity contribution is 9.11. The molecule has 1 fully saturated rings. The Morgan fingerprint density at radius 2 is 2.04 bits per heavy atom. The Kier molecular flexibility index (Phi) is 5.73. The smallest absolute Gasteiger partial charge is 0.206 e. The predicted octanol–water partition coefficient (Wildman–Crippen LogP) is 6.35. The number of aromatic amines is 1. The number of fused-ring (bicyclic) bond motifs is 1. The van der Waals surface area contributed by atoms with Crippen molar-refractivity contribution in [3.63, 3.8) is 0 Å². The normalized spacial score (nSPS) is 14.9. The van der Waals surface area contributed by atoms with E-state index in [2.05, 4.69) is 63.5 Å². The molecule has 144 valence electrons. The third-order valence-electron chi connectivity index (χ3n) is 4.60. The number of hydrogen-bond acceptors (Lipinski definition) is 4. The van der Waals surface area contributed by atoms with Gasteiger partial charge in [0.15, 0.2) is 0 Å². The molecule has 0 unspecified atom stereocenters. The van der Waals surface area contributed by atoms with E-state index in [-0.39, 0.29) is 17.0 Å². The second-order valence-corrected chi connectivity index (χ2v) is 9.93. The van der Waals surface area contributed by atoms with E-state index in [1.54, 1.807) is 22.7 Å². The number of rotatable bonds is 4. The van der Waals surface area contributed by atoms with Gasteiger partial charge in [0.1, 0.15) is 0 Å². The topological polar surface area (TPSA) is 45.4 Å². The van der Waals surface area contributed by atoms with E-state index < -0.39 is 0 Å². The van der Waals surface area contributed by atoms with Crippen LogP contribution >= 0.6 is 55.6 Å². The standard InChI is InChI=1S/C20H17BrN4S2.BrH/c1-12-15(14-4-2-3-5-16(14)23-12)10-22-25-17(18-8-9-19(21)27-18)11-26-20(25)24-13-6-7-13;/h2-5,8-11,13,23H,6-7H2,1H3;1H/b22-10+,24-20?;. The highest BCUT2D eigenvalue weighted by Crippen LogP contribution is 2.32. The monoisotopic (exact) mass is 536 g/mol. The molecule has 3 aromatic heterocycles. The molecule has 0 spiro atoms. The van der Waals surface area contributed by atoms with Crippen molar-refractivity contribution >= 4 is 72.7 Å². The molecule has 3 heterocycles. The van der Waals surface area contributed by atoms with Gasteiger partial charge < -0.3 is 4.98 Å². The third-order valence-corrected chi connectivity index (χ3v) is 7.07. The molecule has 5 rings (SSSR count). The first-order valence-corrected chi connectivity index (χ1v) is 11.3. The van der Waals surface area contributed by atoms with Crippen LogP contribution in [0.25, 0.3) is 21.5 Å². The molecule has 1 saturated carbocycles. The van der Waals surface area contributed by atoms with Crippen LogP contribution < -0.4 is 4.80 Å². The lowest BCUT2D eigenvalue weighted by molar-refractivity contribution is 0.824. The maximum atomic E-state index is 4.87. The lowest BCUT2D eigenvalue weighted by Gasteiger charge is -2.01. The fraction of sp³-hybridized carbons (Fsp3) is 0.200. The zero-order valence-corrected chi connectivity index (χ0v) is 20.0. The van der Waals surface area contributed by atoms with Gasteiger partial charge in [-0.15, -0.1) is 39.7 Å². The van der Waals surface area contributed by atoms with Gasteiger partial charge in [-0.3, -0.25) is 4.99 Å². The molecule has 4 nitrogen and oxygen atoms in total. The predicted molar refractivity (Wildman–Crippen MR) is 128 cm³/mol. The number of thiazole rings is 1. The van der Waals surface area contributed by atoms with Crippen molar-refractivity contribution in [3.8, 4) is 10.6 Å². The van der Waals surface area contributed by atoms with Crippen molar-refractivity contribution in [2.45, 2.75) is 25.8 Å². The average Bonchev–Trinajstić information content (AvgIpc) is 3.08. The van der Waals surface area contributed by atoms with Crippen LogP contribution in [0.3, 0.4) is 0 Å². The van der Waals surface area contributed by atoms with Crippen molar-refractivity contribution in [1.82, 2.24) is 9.66 Å². The first-order chi connectivity index (χ1) is 13.2. The number of H-pyrrole nitrogens is 1. The summed E-state index contributed by atoms with van der Waals surface area (Å²) in [6.07, 6.45) is 4.32. The van der Waals surface area contributed by atoms with E-state index in [4.69, 9.17) is 10.1 Å². The van der Waals surface area contributed by atoms with Crippen LogP contribution in [0.1, 0.15) is 24.1 Å². The van der Waals surface area contributed by atoms with Crippen molar-refractivity contribution in [2.75, 3.05) is 0 Å². The molecule has 1 aliphatic carbocycles. The van der Waals surface area contributed by atoms with Gasteiger partial charge in [0.2, 0.25) is 4.80 Å². The first kappa shape index (κ1) is 19.8. The fourth-order valence-corrected chi connectivity index (χ4v) is 5.42. The second kappa shape index (κ2) is 8.10. The van der Waals surface area contributed by atoms with Crippen LogP contribution in [-0.2, 0) is 0 Å². The minimum absolute atomic E-state index is 0. The molecule has 0 saturated heterocycles. The van der Waals surface area contributed by atoms with E-state index in [1.807, 2.05) is 17.0 Å². The summed E-state index contributed by atoms with van der Waals surface area (Å²) in [6, 6.07) is 13.0. The zero-order valence-electron chi connectivity index (χ0n) is 15.1. The molecule has 1 aromatic carbocycles. The van der Waals surface area contributed by atoms with Crippen molar-refractivity contribution < 1.29 is 0 Å². The highest BCUT2D eigenvalue weighted by atomic mass is 79.9. The van der Waals surface area contributed by atoms with Crippen LogP contribution in [0.4, 0.5) is 0 Å². The molecule has 1 aliphatic rings. The minimum atomic E-state index is 0. The maximum absolute atomic E-state index is 4.87. The Morgan fingerprint density at radius 3 is 2.79 bits per heavy atom. The van der Waals surface area contributed by atoms with Gasteiger partial charge >= 0.3 is 0 Å². The van der Waals surface area contributed by atoms with Crippen molar-refractivity contribution in [3.05, 3.63) is 61.6 Å². The number of aryl methyl sites for hydroxylation is 1. The molecule has 1 N–H and O–H groups in total. The van der Waals surface area contributed by atoms with Gasteiger partial charge in [-0.2, -0.15) is 5.10 Å². The third kappa shape index (κ3) is 3.83. The summed E-state index contributed by atoms with van der Waals surface area (Å²) < 4.78 is 3.11. The summed E-state index contributed by atoms with van der Waals surface area (Å²) in [5.74, 6) is 0. The van der Waals surface area contributed by atoms with E-state index in [9.17, 15) is 0 Å². The Bertz CT molecular complexity index is 1220. The van der Waals surface area contributed by atoms with Gasteiger partial charge in [0.25, 0.3) is 0 Å². The highest BCUT2D eigenvalue weighted by Gasteiger charge is 2.21. The average molecular weight is 538 g/mol. The summed E-state index contributed by atoms with van der Waals surface area (Å²) in [6.45, 7) is 2.09. The number of aromatic nitrogens is 2. The molecule has 4 aromatic rings. The second-order valence-electron chi connectivity index (χ2n) is 6.63. The molecule has 0 bridgehead atoms. The Labute approximate surface area is 189 Å². The molecule has 0 aliphatic heterocycles. The van der Waals surface area contributed by atoms with Crippen LogP contribution in [0, 0.1) is 6.92 Å². The largest absolute Gasteiger partial charge is 0.358 e. The Balaban J connectivity index is 0.00000192. The van der Waals surface area contributed by atoms with Crippen molar-refractivity contribution in [2.24, 2.45) is 10.1 Å². The Hall–Kier alpha value is -1.48. The van der Waals surface area contributed by atoms with Gasteiger partial charge in [-0.25, -0.2) is 4.68 Å². The van der Waals surface area contributed by atoms with Crippen LogP contribution in [0.15, 0.2) is 55.7 Å². The first-order valence-electron chi connectivity index (χ1n) is 8.81. The Morgan fingerprint density at radius 1 is 1.21 bits per heavy atom.